The van der Waals surface area contributed by atoms with Crippen LogP contribution in [0.25, 0.3) is 11.0 Å². The van der Waals surface area contributed by atoms with Crippen molar-refractivity contribution in [3.05, 3.63) is 24.3 Å². The van der Waals surface area contributed by atoms with E-state index in [1.807, 2.05) is 29.4 Å². The maximum atomic E-state index is 3.81. The van der Waals surface area contributed by atoms with Gasteiger partial charge in [0.2, 0.25) is 0 Å². The van der Waals surface area contributed by atoms with Crippen LogP contribution in [-0.2, 0) is 21.1 Å². The summed E-state index contributed by atoms with van der Waals surface area (Å²) in [6, 6.07) is 7.74. The molecule has 0 saturated carbocycles. The van der Waals surface area contributed by atoms with Crippen LogP contribution in [0.1, 0.15) is 0 Å². The molecule has 0 amide bonds. The molecule has 0 bridgehead atoms. The fourth-order valence-electron chi connectivity index (χ4n) is 0.788. The number of aromatic amines is 1. The van der Waals surface area contributed by atoms with E-state index in [0.29, 0.717) is 0 Å². The first kappa shape index (κ1) is 8.46. The third kappa shape index (κ3) is 1.89. The monoisotopic (exact) mass is 241 g/mol. The molecule has 0 unspecified atom stereocenters. The minimum Gasteiger partial charge on any atom is -0.258 e. The van der Waals surface area contributed by atoms with E-state index >= 15 is 0 Å². The summed E-state index contributed by atoms with van der Waals surface area (Å²) in [6.45, 7) is 0. The van der Waals surface area contributed by atoms with Gasteiger partial charge in [-0.3, -0.25) is 5.10 Å². The number of hydrogen-bond acceptors (Lipinski definition) is 2. The normalized spacial score (nSPS) is 9.00. The summed E-state index contributed by atoms with van der Waals surface area (Å²) in [4.78, 5) is 0. The predicted molar refractivity (Wildman–Crippen MR) is 39.8 cm³/mol. The van der Waals surface area contributed by atoms with Crippen molar-refractivity contribution in [2.75, 3.05) is 0 Å². The molecule has 0 atom stereocenters. The van der Waals surface area contributed by atoms with E-state index in [-0.39, 0.29) is 0 Å². The van der Waals surface area contributed by atoms with E-state index in [1.54, 1.807) is 0 Å². The van der Waals surface area contributed by atoms with E-state index in [9.17, 15) is 0 Å². The molecular weight excluding hydrogens is 234 g/mol. The number of H-pyrrole nitrogens is 1. The van der Waals surface area contributed by atoms with Crippen molar-refractivity contribution >= 4 is 11.0 Å². The molecule has 0 aliphatic rings. The van der Waals surface area contributed by atoms with Gasteiger partial charge in [0.25, 0.3) is 0 Å². The minimum absolute atomic E-state index is 0.914. The van der Waals surface area contributed by atoms with E-state index in [0.717, 1.165) is 11.0 Å². The van der Waals surface area contributed by atoms with Gasteiger partial charge in [0, 0.05) is 0 Å². The van der Waals surface area contributed by atoms with Crippen molar-refractivity contribution in [3.63, 3.8) is 0 Å². The largest absolute Gasteiger partial charge is 0.258 e. The van der Waals surface area contributed by atoms with Crippen molar-refractivity contribution in [2.24, 2.45) is 0 Å². The first-order valence-corrected chi connectivity index (χ1v) is 4.51. The quantitative estimate of drug-likeness (QED) is 0.712. The third-order valence-corrected chi connectivity index (χ3v) is 1.23. The number of fused-ring (bicyclic) bond motifs is 1. The maximum Gasteiger partial charge on any atom is 0.112 e. The first-order valence-electron chi connectivity index (χ1n) is 3.03. The fourth-order valence-corrected chi connectivity index (χ4v) is 0.788. The smallest absolute Gasteiger partial charge is 0.112 e. The zero-order chi connectivity index (χ0) is 8.10. The second-order valence-electron chi connectivity index (χ2n) is 1.83. The molecule has 1 aromatic carbocycles. The van der Waals surface area contributed by atoms with Crippen LogP contribution in [0.3, 0.4) is 0 Å². The molecule has 2 rings (SSSR count). The molecule has 0 spiro atoms. The van der Waals surface area contributed by atoms with Gasteiger partial charge in [-0.2, -0.15) is 0 Å². The Labute approximate surface area is 77.1 Å². The molecule has 3 nitrogen and oxygen atoms in total. The SMILES string of the molecule is [CH3][Ag].c1ccc2[nH]nnc2c1. The number of aromatic nitrogens is 3. The predicted octanol–water partition coefficient (Wildman–Crippen LogP) is 1.54. The molecule has 0 aliphatic carbocycles. The third-order valence-electron chi connectivity index (χ3n) is 1.23. The molecule has 0 saturated heterocycles. The van der Waals surface area contributed by atoms with Crippen molar-refractivity contribution in [1.82, 2.24) is 15.4 Å². The van der Waals surface area contributed by atoms with E-state index in [2.05, 4.69) is 36.5 Å². The van der Waals surface area contributed by atoms with Gasteiger partial charge in [-0.1, -0.05) is 17.3 Å². The number of para-hydroxylation sites is 1. The molecule has 4 heteroatoms. The van der Waals surface area contributed by atoms with Crippen LogP contribution in [0.2, 0.25) is 5.14 Å². The fraction of sp³-hybridized carbons (Fsp3) is 0.143. The van der Waals surface area contributed by atoms with Crippen LogP contribution in [0.5, 0.6) is 0 Å². The average Bonchev–Trinajstić information content (AvgIpc) is 2.55. The molecule has 2 aromatic rings. The van der Waals surface area contributed by atoms with Crippen LogP contribution in [0.15, 0.2) is 24.3 Å². The molecule has 62 valence electrons. The topological polar surface area (TPSA) is 41.6 Å². The van der Waals surface area contributed by atoms with Gasteiger partial charge in [-0.15, -0.1) is 5.10 Å². The van der Waals surface area contributed by atoms with Gasteiger partial charge >= 0.3 is 26.2 Å². The Kier molecular flexibility index (Phi) is 3.29. The minimum atomic E-state index is 0.914. The Balaban J connectivity index is 0.000000281. The zero-order valence-corrected chi connectivity index (χ0v) is 7.49. The molecule has 1 heterocycles. The number of benzene rings is 1. The van der Waals surface area contributed by atoms with Crippen LogP contribution in [0.4, 0.5) is 0 Å². The van der Waals surface area contributed by atoms with E-state index in [1.165, 1.54) is 0 Å². The molecular formula is C7H8AgN3. The molecule has 11 heavy (non-hydrogen) atoms. The zero-order valence-electron chi connectivity index (χ0n) is 6.01. The van der Waals surface area contributed by atoms with Gasteiger partial charge in [-0.05, 0) is 12.1 Å². The van der Waals surface area contributed by atoms with Crippen molar-refractivity contribution in [3.8, 4) is 0 Å². The van der Waals surface area contributed by atoms with Gasteiger partial charge < -0.3 is 0 Å². The Morgan fingerprint density at radius 2 is 2.00 bits per heavy atom. The summed E-state index contributed by atoms with van der Waals surface area (Å²) < 4.78 is 0. The molecule has 0 fully saturated rings. The average molecular weight is 242 g/mol. The standard InChI is InChI=1S/C6H5N3.CH3.Ag/c1-2-4-6-5(3-1)7-9-8-6;;/h1-4H,(H,7,8,9);1H3;. The van der Waals surface area contributed by atoms with Gasteiger partial charge in [0.1, 0.15) is 5.52 Å². The summed E-state index contributed by atoms with van der Waals surface area (Å²) in [7, 11) is 0. The van der Waals surface area contributed by atoms with E-state index < -0.39 is 0 Å². The van der Waals surface area contributed by atoms with Crippen molar-refractivity contribution in [1.29, 1.82) is 0 Å². The van der Waals surface area contributed by atoms with Gasteiger partial charge in [0.15, 0.2) is 0 Å². The first-order chi connectivity index (χ1) is 5.47. The van der Waals surface area contributed by atoms with E-state index in [4.69, 9.17) is 0 Å². The maximum absolute atomic E-state index is 3.81. The number of hydrogen-bond donors (Lipinski definition) is 1. The van der Waals surface area contributed by atoms with Gasteiger partial charge in [-0.25, -0.2) is 0 Å². The summed E-state index contributed by atoms with van der Waals surface area (Å²) >= 11 is 2.95. The second kappa shape index (κ2) is 4.28. The van der Waals surface area contributed by atoms with Gasteiger partial charge in [0.05, 0.1) is 5.52 Å². The Morgan fingerprint density at radius 1 is 1.27 bits per heavy atom. The Morgan fingerprint density at radius 3 is 2.73 bits per heavy atom. The van der Waals surface area contributed by atoms with Crippen LogP contribution >= 0.6 is 0 Å². The summed E-state index contributed by atoms with van der Waals surface area (Å²) in [5.41, 5.74) is 1.90. The van der Waals surface area contributed by atoms with Crippen LogP contribution < -0.4 is 0 Å². The van der Waals surface area contributed by atoms with Crippen molar-refractivity contribution in [2.45, 2.75) is 5.14 Å². The van der Waals surface area contributed by atoms with Crippen molar-refractivity contribution < 1.29 is 21.1 Å². The summed E-state index contributed by atoms with van der Waals surface area (Å²) in [6.07, 6.45) is 0. The Hall–Kier alpha value is -0.640. The second-order valence-corrected chi connectivity index (χ2v) is 1.83. The van der Waals surface area contributed by atoms with Crippen LogP contribution in [-0.4, -0.2) is 15.4 Å². The molecule has 1 aromatic heterocycles. The number of nitrogens with one attached hydrogen (secondary N) is 1. The molecule has 0 aliphatic heterocycles. The number of nitrogens with zero attached hydrogens (tertiary/aromatic N) is 2. The summed E-state index contributed by atoms with van der Waals surface area (Å²) in [5.74, 6) is 0. The molecule has 1 N–H and O–H groups in total. The Bertz CT molecular complexity index is 288. The number of rotatable bonds is 0. The van der Waals surface area contributed by atoms with Crippen LogP contribution in [0, 0.1) is 0 Å². The molecule has 0 radical (unpaired) electrons. The summed E-state index contributed by atoms with van der Waals surface area (Å²) in [5, 5.41) is 12.0.